The van der Waals surface area contributed by atoms with Gasteiger partial charge in [0.05, 0.1) is 17.3 Å². The largest absolute Gasteiger partial charge is 0.493 e. The molecule has 0 amide bonds. The number of aromatic nitrogens is 1. The Kier molecular flexibility index (Phi) is 5.42. The van der Waals surface area contributed by atoms with Gasteiger partial charge in [-0.3, -0.25) is 0 Å². The van der Waals surface area contributed by atoms with Crippen molar-refractivity contribution in [1.29, 1.82) is 0 Å². The quantitative estimate of drug-likeness (QED) is 0.777. The molecule has 0 aliphatic heterocycles. The molecule has 1 aromatic rings. The van der Waals surface area contributed by atoms with Crippen LogP contribution in [0.15, 0.2) is 12.3 Å². The Balaban J connectivity index is 2.91. The van der Waals surface area contributed by atoms with Crippen LogP contribution in [0.3, 0.4) is 0 Å². The Morgan fingerprint density at radius 2 is 1.81 bits per heavy atom. The van der Waals surface area contributed by atoms with Crippen molar-refractivity contribution in [2.24, 2.45) is 0 Å². The lowest BCUT2D eigenvalue weighted by atomic mass is 9.75. The van der Waals surface area contributed by atoms with Gasteiger partial charge >= 0.3 is 7.12 Å². The molecule has 0 aliphatic carbocycles. The fourth-order valence-electron chi connectivity index (χ4n) is 1.59. The van der Waals surface area contributed by atoms with E-state index in [4.69, 9.17) is 9.39 Å². The van der Waals surface area contributed by atoms with Gasteiger partial charge in [-0.1, -0.05) is 0 Å². The maximum atomic E-state index is 10.3. The molecule has 21 heavy (non-hydrogen) atoms. The number of aryl methyl sites for hydroxylation is 1. The molecule has 0 saturated carbocycles. The summed E-state index contributed by atoms with van der Waals surface area (Å²) in [4.78, 5) is 4.17. The average molecular weight is 295 g/mol. The fourth-order valence-corrected chi connectivity index (χ4v) is 1.59. The summed E-state index contributed by atoms with van der Waals surface area (Å²) in [5.41, 5.74) is -0.620. The lowest BCUT2D eigenvalue weighted by molar-refractivity contribution is -0.0982. The van der Waals surface area contributed by atoms with Crippen molar-refractivity contribution in [3.8, 4) is 5.88 Å². The van der Waals surface area contributed by atoms with Crippen LogP contribution in [-0.4, -0.2) is 39.5 Å². The first-order valence-corrected chi connectivity index (χ1v) is 7.15. The standard InChI is InChI=1S/C15H26BNO4/c1-10(2)20-13-8-11(3)12(9-17-13)16(19)21-15(6,7)14(4,5)18/h8-10,18-19H,1-7H3. The van der Waals surface area contributed by atoms with E-state index in [2.05, 4.69) is 4.98 Å². The predicted octanol–water partition coefficient (Wildman–Crippen LogP) is 1.43. The van der Waals surface area contributed by atoms with Crippen LogP contribution in [0.5, 0.6) is 5.88 Å². The van der Waals surface area contributed by atoms with Gasteiger partial charge in [-0.05, 0) is 54.0 Å². The van der Waals surface area contributed by atoms with Crippen molar-refractivity contribution in [3.05, 3.63) is 17.8 Å². The summed E-state index contributed by atoms with van der Waals surface area (Å²) < 4.78 is 11.1. The summed E-state index contributed by atoms with van der Waals surface area (Å²) >= 11 is 0. The Morgan fingerprint density at radius 1 is 1.24 bits per heavy atom. The smallest absolute Gasteiger partial charge is 0.475 e. The molecule has 1 heterocycles. The molecule has 6 heteroatoms. The number of rotatable bonds is 6. The molecule has 0 radical (unpaired) electrons. The van der Waals surface area contributed by atoms with Crippen LogP contribution in [-0.2, 0) is 4.65 Å². The lowest BCUT2D eigenvalue weighted by Gasteiger charge is -2.38. The first-order chi connectivity index (χ1) is 9.44. The van der Waals surface area contributed by atoms with E-state index in [1.165, 1.54) is 6.20 Å². The molecular weight excluding hydrogens is 269 g/mol. The normalized spacial score (nSPS) is 12.7. The van der Waals surface area contributed by atoms with Crippen LogP contribution in [0.1, 0.15) is 47.1 Å². The minimum Gasteiger partial charge on any atom is -0.475 e. The van der Waals surface area contributed by atoms with E-state index in [1.807, 2.05) is 20.8 Å². The molecule has 0 aliphatic rings. The van der Waals surface area contributed by atoms with Crippen LogP contribution >= 0.6 is 0 Å². The highest BCUT2D eigenvalue weighted by Crippen LogP contribution is 2.25. The van der Waals surface area contributed by atoms with Gasteiger partial charge in [0.1, 0.15) is 0 Å². The third kappa shape index (κ3) is 4.69. The molecule has 118 valence electrons. The Hall–Kier alpha value is -1.11. The number of ether oxygens (including phenoxy) is 1. The molecule has 0 aromatic carbocycles. The Morgan fingerprint density at radius 3 is 2.24 bits per heavy atom. The van der Waals surface area contributed by atoms with Gasteiger partial charge in [0, 0.05) is 17.7 Å². The topological polar surface area (TPSA) is 71.8 Å². The molecule has 1 rings (SSSR count). The molecule has 1 aromatic heterocycles. The first kappa shape index (κ1) is 17.9. The molecule has 0 fully saturated rings. The minimum absolute atomic E-state index is 0.0399. The zero-order valence-corrected chi connectivity index (χ0v) is 14.0. The Labute approximate surface area is 127 Å². The first-order valence-electron chi connectivity index (χ1n) is 7.15. The molecule has 0 saturated heterocycles. The number of aliphatic hydroxyl groups is 1. The van der Waals surface area contributed by atoms with E-state index < -0.39 is 18.3 Å². The second-order valence-corrected chi connectivity index (χ2v) is 6.59. The second-order valence-electron chi connectivity index (χ2n) is 6.59. The van der Waals surface area contributed by atoms with Gasteiger partial charge in [0.2, 0.25) is 5.88 Å². The van der Waals surface area contributed by atoms with Crippen molar-refractivity contribution in [3.63, 3.8) is 0 Å². The van der Waals surface area contributed by atoms with Gasteiger partial charge in [0.25, 0.3) is 0 Å². The van der Waals surface area contributed by atoms with Gasteiger partial charge < -0.3 is 19.5 Å². The van der Waals surface area contributed by atoms with Gasteiger partial charge in [0.15, 0.2) is 0 Å². The van der Waals surface area contributed by atoms with Crippen LogP contribution in [0.25, 0.3) is 0 Å². The van der Waals surface area contributed by atoms with Crippen molar-refractivity contribution >= 4 is 12.6 Å². The van der Waals surface area contributed by atoms with Crippen molar-refractivity contribution < 1.29 is 19.5 Å². The van der Waals surface area contributed by atoms with E-state index in [0.29, 0.717) is 11.3 Å². The predicted molar refractivity (Wildman–Crippen MR) is 83.8 cm³/mol. The molecule has 0 unspecified atom stereocenters. The van der Waals surface area contributed by atoms with E-state index in [9.17, 15) is 10.1 Å². The van der Waals surface area contributed by atoms with Gasteiger partial charge in [-0.2, -0.15) is 0 Å². The van der Waals surface area contributed by atoms with E-state index in [1.54, 1.807) is 33.8 Å². The molecular formula is C15H26BNO4. The maximum Gasteiger partial charge on any atom is 0.493 e. The molecule has 0 bridgehead atoms. The third-order valence-corrected chi connectivity index (χ3v) is 3.63. The number of pyridine rings is 1. The maximum absolute atomic E-state index is 10.3. The zero-order valence-electron chi connectivity index (χ0n) is 14.0. The number of hydrogen-bond donors (Lipinski definition) is 2. The van der Waals surface area contributed by atoms with Crippen molar-refractivity contribution in [1.82, 2.24) is 4.98 Å². The molecule has 2 N–H and O–H groups in total. The summed E-state index contributed by atoms with van der Waals surface area (Å²) in [6, 6.07) is 1.76. The van der Waals surface area contributed by atoms with E-state index in [0.717, 1.165) is 5.56 Å². The molecule has 5 nitrogen and oxygen atoms in total. The third-order valence-electron chi connectivity index (χ3n) is 3.63. The van der Waals surface area contributed by atoms with Gasteiger partial charge in [-0.15, -0.1) is 0 Å². The van der Waals surface area contributed by atoms with Crippen molar-refractivity contribution in [2.75, 3.05) is 0 Å². The lowest BCUT2D eigenvalue weighted by Crippen LogP contribution is -2.53. The highest BCUT2D eigenvalue weighted by molar-refractivity contribution is 6.60. The van der Waals surface area contributed by atoms with E-state index >= 15 is 0 Å². The zero-order chi connectivity index (χ0) is 16.4. The van der Waals surface area contributed by atoms with Gasteiger partial charge in [-0.25, -0.2) is 4.98 Å². The van der Waals surface area contributed by atoms with E-state index in [-0.39, 0.29) is 6.10 Å². The summed E-state index contributed by atoms with van der Waals surface area (Å²) in [5.74, 6) is 0.514. The Bertz CT molecular complexity index is 483. The fraction of sp³-hybridized carbons (Fsp3) is 0.667. The minimum atomic E-state index is -1.16. The SMILES string of the molecule is Cc1cc(OC(C)C)ncc1B(O)OC(C)(C)C(C)(C)O. The molecule has 0 spiro atoms. The van der Waals surface area contributed by atoms with Crippen LogP contribution in [0.4, 0.5) is 0 Å². The van der Waals surface area contributed by atoms with Crippen molar-refractivity contribution in [2.45, 2.75) is 65.8 Å². The second kappa shape index (κ2) is 6.34. The van der Waals surface area contributed by atoms with Crippen LogP contribution in [0, 0.1) is 6.92 Å². The summed E-state index contributed by atoms with van der Waals surface area (Å²) in [6.45, 7) is 12.5. The summed E-state index contributed by atoms with van der Waals surface area (Å²) in [5, 5.41) is 20.3. The summed E-state index contributed by atoms with van der Waals surface area (Å²) in [6.07, 6.45) is 1.58. The number of nitrogens with zero attached hydrogens (tertiary/aromatic N) is 1. The number of hydrogen-bond acceptors (Lipinski definition) is 5. The van der Waals surface area contributed by atoms with Crippen LogP contribution < -0.4 is 10.2 Å². The average Bonchev–Trinajstić information content (AvgIpc) is 2.25. The monoisotopic (exact) mass is 295 g/mol. The highest BCUT2D eigenvalue weighted by Gasteiger charge is 2.39. The van der Waals surface area contributed by atoms with Crippen LogP contribution in [0.2, 0.25) is 0 Å². The highest BCUT2D eigenvalue weighted by atomic mass is 16.5. The summed E-state index contributed by atoms with van der Waals surface area (Å²) in [7, 11) is -1.16. The molecule has 0 atom stereocenters.